The summed E-state index contributed by atoms with van der Waals surface area (Å²) in [5.41, 5.74) is 0.743. The third-order valence-electron chi connectivity index (χ3n) is 1.32. The summed E-state index contributed by atoms with van der Waals surface area (Å²) in [6.07, 6.45) is 0. The smallest absolute Gasteiger partial charge is 0.510 e. The van der Waals surface area contributed by atoms with Crippen LogP contribution in [0.3, 0.4) is 0 Å². The minimum atomic E-state index is -1.98. The molecule has 0 fully saturated rings. The molecule has 0 saturated carbocycles. The molecular weight excluding hydrogens is 162 g/mol. The van der Waals surface area contributed by atoms with E-state index in [0.717, 1.165) is 5.56 Å². The second kappa shape index (κ2) is 3.56. The number of hydrogen-bond donors (Lipinski definition) is 2. The maximum Gasteiger partial charge on any atom is 0.707 e. The number of benzene rings is 1. The van der Waals surface area contributed by atoms with Crippen molar-refractivity contribution in [1.82, 2.24) is 0 Å². The van der Waals surface area contributed by atoms with Gasteiger partial charge in [-0.1, -0.05) is 6.07 Å². The van der Waals surface area contributed by atoms with E-state index >= 15 is 0 Å². The minimum Gasteiger partial charge on any atom is -0.510 e. The normalized spacial score (nSPS) is 9.67. The summed E-state index contributed by atoms with van der Waals surface area (Å²) in [5, 5.41) is 16.7. The van der Waals surface area contributed by atoms with Crippen molar-refractivity contribution in [2.45, 2.75) is 6.92 Å². The van der Waals surface area contributed by atoms with Gasteiger partial charge in [-0.3, -0.25) is 0 Å². The molecule has 0 atom stereocenters. The highest BCUT2D eigenvalue weighted by atomic mass is 19.1. The molecule has 0 aliphatic heterocycles. The molecule has 3 nitrogen and oxygen atoms in total. The maximum absolute atomic E-state index is 12.9. The van der Waals surface area contributed by atoms with E-state index in [-0.39, 0.29) is 5.75 Å². The molecule has 0 radical (unpaired) electrons. The van der Waals surface area contributed by atoms with Crippen LogP contribution in [0.1, 0.15) is 5.56 Å². The molecule has 2 N–H and O–H groups in total. The highest BCUT2D eigenvalue weighted by Crippen LogP contribution is 2.17. The van der Waals surface area contributed by atoms with Crippen LogP contribution in [0.15, 0.2) is 18.2 Å². The van der Waals surface area contributed by atoms with Crippen molar-refractivity contribution < 1.29 is 19.1 Å². The van der Waals surface area contributed by atoms with Crippen molar-refractivity contribution in [2.24, 2.45) is 0 Å². The summed E-state index contributed by atoms with van der Waals surface area (Å²) in [5.74, 6) is -0.779. The number of halogens is 1. The maximum atomic E-state index is 12.9. The van der Waals surface area contributed by atoms with E-state index in [1.807, 2.05) is 0 Å². The van der Waals surface area contributed by atoms with Gasteiger partial charge in [-0.25, -0.2) is 4.39 Å². The van der Waals surface area contributed by atoms with Gasteiger partial charge in [0.15, 0.2) is 5.82 Å². The molecular formula is C7H8BFO3. The topological polar surface area (TPSA) is 49.7 Å². The minimum absolute atomic E-state index is 0.171. The zero-order chi connectivity index (χ0) is 9.14. The third-order valence-corrected chi connectivity index (χ3v) is 1.32. The van der Waals surface area contributed by atoms with Crippen LogP contribution in [-0.2, 0) is 0 Å². The summed E-state index contributed by atoms with van der Waals surface area (Å²) in [4.78, 5) is 0. The molecule has 0 amide bonds. The molecule has 0 heterocycles. The van der Waals surface area contributed by atoms with Gasteiger partial charge in [0.2, 0.25) is 0 Å². The van der Waals surface area contributed by atoms with E-state index < -0.39 is 13.1 Å². The van der Waals surface area contributed by atoms with Gasteiger partial charge in [0.1, 0.15) is 5.75 Å². The second-order valence-corrected chi connectivity index (χ2v) is 2.38. The fourth-order valence-corrected chi connectivity index (χ4v) is 0.815. The van der Waals surface area contributed by atoms with E-state index in [4.69, 9.17) is 10.0 Å². The van der Waals surface area contributed by atoms with Crippen LogP contribution >= 0.6 is 0 Å². The first kappa shape index (κ1) is 9.03. The van der Waals surface area contributed by atoms with Crippen LogP contribution in [-0.4, -0.2) is 17.4 Å². The Hall–Kier alpha value is -1.07. The fourth-order valence-electron chi connectivity index (χ4n) is 0.815. The van der Waals surface area contributed by atoms with Crippen molar-refractivity contribution in [1.29, 1.82) is 0 Å². The van der Waals surface area contributed by atoms with Crippen LogP contribution in [0, 0.1) is 12.7 Å². The van der Waals surface area contributed by atoms with E-state index in [9.17, 15) is 4.39 Å². The van der Waals surface area contributed by atoms with Crippen LogP contribution in [0.5, 0.6) is 5.75 Å². The zero-order valence-electron chi connectivity index (χ0n) is 6.49. The lowest BCUT2D eigenvalue weighted by Gasteiger charge is -2.05. The molecule has 64 valence electrons. The second-order valence-electron chi connectivity index (χ2n) is 2.38. The molecule has 0 saturated heterocycles. The average Bonchev–Trinajstić information content (AvgIpc) is 1.94. The van der Waals surface area contributed by atoms with Crippen LogP contribution in [0.25, 0.3) is 0 Å². The highest BCUT2D eigenvalue weighted by molar-refractivity contribution is 6.33. The summed E-state index contributed by atoms with van der Waals surface area (Å²) in [7, 11) is -1.98. The van der Waals surface area contributed by atoms with Gasteiger partial charge in [-0.05, 0) is 24.6 Å². The Morgan fingerprint density at radius 2 is 2.08 bits per heavy atom. The van der Waals surface area contributed by atoms with Gasteiger partial charge in [-0.2, -0.15) is 0 Å². The lowest BCUT2D eigenvalue weighted by atomic mass is 10.2. The molecule has 0 aliphatic rings. The SMILES string of the molecule is Cc1ccc(OB(O)O)c(F)c1. The number of hydrogen-bond acceptors (Lipinski definition) is 3. The highest BCUT2D eigenvalue weighted by Gasteiger charge is 2.13. The molecule has 5 heteroatoms. The molecule has 1 aromatic carbocycles. The summed E-state index contributed by atoms with van der Waals surface area (Å²) < 4.78 is 17.2. The molecule has 12 heavy (non-hydrogen) atoms. The number of aryl methyl sites for hydroxylation is 1. The van der Waals surface area contributed by atoms with Crippen LogP contribution in [0.4, 0.5) is 4.39 Å². The molecule has 0 bridgehead atoms. The standard InChI is InChI=1S/C7H8BFO3/c1-5-2-3-7(6(9)4-5)12-8(10)11/h2-4,10-11H,1H3. The first-order chi connectivity index (χ1) is 5.59. The predicted molar refractivity (Wildman–Crippen MR) is 42.0 cm³/mol. The predicted octanol–water partition coefficient (Wildman–Crippen LogP) is 0.482. The van der Waals surface area contributed by atoms with E-state index in [1.165, 1.54) is 12.1 Å². The fraction of sp³-hybridized carbons (Fsp3) is 0.143. The summed E-state index contributed by atoms with van der Waals surface area (Å²) in [6.45, 7) is 1.72. The molecule has 0 spiro atoms. The van der Waals surface area contributed by atoms with Gasteiger partial charge in [0, 0.05) is 0 Å². The Kier molecular flexibility index (Phi) is 2.67. The largest absolute Gasteiger partial charge is 0.707 e. The monoisotopic (exact) mass is 170 g/mol. The Morgan fingerprint density at radius 3 is 2.58 bits per heavy atom. The van der Waals surface area contributed by atoms with E-state index in [1.54, 1.807) is 13.0 Å². The number of rotatable bonds is 2. The molecule has 1 rings (SSSR count). The van der Waals surface area contributed by atoms with Gasteiger partial charge in [0.25, 0.3) is 0 Å². The summed E-state index contributed by atoms with van der Waals surface area (Å²) >= 11 is 0. The van der Waals surface area contributed by atoms with Crippen molar-refractivity contribution >= 4 is 7.32 Å². The molecule has 0 aliphatic carbocycles. The Morgan fingerprint density at radius 1 is 1.42 bits per heavy atom. The van der Waals surface area contributed by atoms with E-state index in [0.29, 0.717) is 0 Å². The zero-order valence-corrected chi connectivity index (χ0v) is 6.49. The van der Waals surface area contributed by atoms with Crippen molar-refractivity contribution in [3.63, 3.8) is 0 Å². The van der Waals surface area contributed by atoms with Crippen LogP contribution in [0.2, 0.25) is 0 Å². The van der Waals surface area contributed by atoms with Crippen LogP contribution < -0.4 is 4.65 Å². The van der Waals surface area contributed by atoms with Gasteiger partial charge < -0.3 is 14.7 Å². The lowest BCUT2D eigenvalue weighted by Crippen LogP contribution is -2.21. The van der Waals surface area contributed by atoms with Crippen molar-refractivity contribution in [2.75, 3.05) is 0 Å². The third kappa shape index (κ3) is 2.22. The quantitative estimate of drug-likeness (QED) is 0.634. The van der Waals surface area contributed by atoms with E-state index in [2.05, 4.69) is 4.65 Å². The lowest BCUT2D eigenvalue weighted by molar-refractivity contribution is 0.281. The Balaban J connectivity index is 2.86. The van der Waals surface area contributed by atoms with Crippen molar-refractivity contribution in [3.05, 3.63) is 29.6 Å². The van der Waals surface area contributed by atoms with Gasteiger partial charge >= 0.3 is 7.32 Å². The Bertz CT molecular complexity index is 277. The van der Waals surface area contributed by atoms with Crippen molar-refractivity contribution in [3.8, 4) is 5.75 Å². The molecule has 1 aromatic rings. The molecule has 0 unspecified atom stereocenters. The van der Waals surface area contributed by atoms with Gasteiger partial charge in [0.05, 0.1) is 0 Å². The summed E-state index contributed by atoms with van der Waals surface area (Å²) in [6, 6.07) is 4.20. The molecule has 0 aromatic heterocycles. The average molecular weight is 170 g/mol. The first-order valence-corrected chi connectivity index (χ1v) is 3.38. The van der Waals surface area contributed by atoms with Gasteiger partial charge in [-0.15, -0.1) is 0 Å². The first-order valence-electron chi connectivity index (χ1n) is 3.38. The Labute approximate surface area is 69.6 Å².